The molecule has 0 N–H and O–H groups in total. The van der Waals surface area contributed by atoms with Crippen molar-refractivity contribution in [2.45, 2.75) is 0 Å². The van der Waals surface area contributed by atoms with Crippen molar-refractivity contribution in [2.24, 2.45) is 0 Å². The molecule has 0 aliphatic carbocycles. The zero-order valence-corrected chi connectivity index (χ0v) is 27.2. The van der Waals surface area contributed by atoms with Crippen LogP contribution in [-0.2, 0) is 0 Å². The van der Waals surface area contributed by atoms with Gasteiger partial charge >= 0.3 is 0 Å². The maximum absolute atomic E-state index is 5.26. The summed E-state index contributed by atoms with van der Waals surface area (Å²) in [5.74, 6) is 0.692. The van der Waals surface area contributed by atoms with E-state index in [1.165, 1.54) is 52.5 Å². The molecular weight excluding hydrogens is 615 g/mol. The van der Waals surface area contributed by atoms with E-state index in [4.69, 9.17) is 9.97 Å². The molecular formula is C45H27N3S. The van der Waals surface area contributed by atoms with Crippen LogP contribution in [-0.4, -0.2) is 15.0 Å². The van der Waals surface area contributed by atoms with Crippen molar-refractivity contribution in [2.75, 3.05) is 0 Å². The Labute approximate surface area is 286 Å². The van der Waals surface area contributed by atoms with E-state index in [9.17, 15) is 0 Å². The maximum Gasteiger partial charge on any atom is 0.160 e. The first-order chi connectivity index (χ1) is 24.3. The molecule has 10 aromatic rings. The summed E-state index contributed by atoms with van der Waals surface area (Å²) in [6.45, 7) is 0. The molecule has 4 heteroatoms. The third-order valence-corrected chi connectivity index (χ3v) is 10.7. The van der Waals surface area contributed by atoms with Crippen LogP contribution in [0.5, 0.6) is 0 Å². The molecule has 228 valence electrons. The quantitative estimate of drug-likeness (QED) is 0.180. The van der Waals surface area contributed by atoms with E-state index >= 15 is 0 Å². The molecule has 0 aliphatic rings. The van der Waals surface area contributed by atoms with Gasteiger partial charge in [0.25, 0.3) is 0 Å². The van der Waals surface area contributed by atoms with Gasteiger partial charge in [-0.15, -0.1) is 11.3 Å². The van der Waals surface area contributed by atoms with Crippen molar-refractivity contribution < 1.29 is 0 Å². The van der Waals surface area contributed by atoms with E-state index in [2.05, 4.69) is 151 Å². The van der Waals surface area contributed by atoms with Crippen LogP contribution in [0.4, 0.5) is 0 Å². The summed E-state index contributed by atoms with van der Waals surface area (Å²) in [5, 5.41) is 10.0. The Bertz CT molecular complexity index is 2860. The van der Waals surface area contributed by atoms with Crippen LogP contribution >= 0.6 is 11.3 Å². The lowest BCUT2D eigenvalue weighted by molar-refractivity contribution is 1.18. The Morgan fingerprint density at radius 2 is 0.918 bits per heavy atom. The fourth-order valence-corrected chi connectivity index (χ4v) is 8.28. The van der Waals surface area contributed by atoms with Crippen LogP contribution in [0.2, 0.25) is 0 Å². The molecule has 0 saturated heterocycles. The largest absolute Gasteiger partial charge is 0.264 e. The molecule has 0 saturated carbocycles. The first kappa shape index (κ1) is 27.8. The topological polar surface area (TPSA) is 38.7 Å². The van der Waals surface area contributed by atoms with Crippen molar-refractivity contribution >= 4 is 63.8 Å². The number of benzene rings is 7. The number of fused-ring (bicyclic) bond motifs is 9. The lowest BCUT2D eigenvalue weighted by Gasteiger charge is -2.13. The second kappa shape index (κ2) is 11.2. The van der Waals surface area contributed by atoms with Crippen LogP contribution < -0.4 is 0 Å². The number of nitrogens with zero attached hydrogens (tertiary/aromatic N) is 3. The highest BCUT2D eigenvalue weighted by molar-refractivity contribution is 7.25. The minimum Gasteiger partial charge on any atom is -0.264 e. The highest BCUT2D eigenvalue weighted by Gasteiger charge is 2.15. The number of pyridine rings is 1. The third-order valence-electron chi connectivity index (χ3n) is 9.55. The van der Waals surface area contributed by atoms with Gasteiger partial charge in [0.05, 0.1) is 11.4 Å². The molecule has 0 unspecified atom stereocenters. The molecule has 0 spiro atoms. The molecule has 3 aromatic heterocycles. The van der Waals surface area contributed by atoms with E-state index in [0.717, 1.165) is 39.2 Å². The zero-order valence-electron chi connectivity index (χ0n) is 26.3. The van der Waals surface area contributed by atoms with Crippen LogP contribution in [0.25, 0.3) is 97.5 Å². The van der Waals surface area contributed by atoms with E-state index in [1.807, 2.05) is 23.6 Å². The summed E-state index contributed by atoms with van der Waals surface area (Å²) in [5.41, 5.74) is 7.02. The Morgan fingerprint density at radius 3 is 1.63 bits per heavy atom. The van der Waals surface area contributed by atoms with Gasteiger partial charge in [-0.05, 0) is 80.3 Å². The Morgan fingerprint density at radius 1 is 0.347 bits per heavy atom. The standard InChI is InChI=1S/C45H27N3S/c1-2-14-35-33(12-1)34-13-3-4-15-36(34)39-24-29(18-20-37(35)39)41-26-42(30-19-21-44-40(25-30)38-16-5-6-17-43(38)49-44)48-45(47-41)31-10-7-9-28(23-31)32-11-8-22-46-27-32/h1-27H. The SMILES string of the molecule is c1cncc(-c2cccc(-c3nc(-c4ccc5sc6ccccc6c5c4)cc(-c4ccc5c6ccccc6c6ccccc6c5c4)n3)c2)c1. The summed E-state index contributed by atoms with van der Waals surface area (Å²) in [6, 6.07) is 54.2. The van der Waals surface area contributed by atoms with Crippen molar-refractivity contribution in [3.05, 3.63) is 164 Å². The molecule has 0 radical (unpaired) electrons. The molecule has 0 amide bonds. The lowest BCUT2D eigenvalue weighted by atomic mass is 9.92. The first-order valence-corrected chi connectivity index (χ1v) is 17.2. The predicted molar refractivity (Wildman–Crippen MR) is 207 cm³/mol. The smallest absolute Gasteiger partial charge is 0.160 e. The van der Waals surface area contributed by atoms with Gasteiger partial charge in [0.1, 0.15) is 0 Å². The van der Waals surface area contributed by atoms with Crippen LogP contribution in [0.15, 0.2) is 164 Å². The minimum atomic E-state index is 0.692. The summed E-state index contributed by atoms with van der Waals surface area (Å²) in [6.07, 6.45) is 3.70. The molecule has 3 nitrogen and oxygen atoms in total. The normalized spacial score (nSPS) is 11.7. The van der Waals surface area contributed by atoms with Crippen molar-refractivity contribution in [1.29, 1.82) is 0 Å². The highest BCUT2D eigenvalue weighted by atomic mass is 32.1. The molecule has 0 atom stereocenters. The first-order valence-electron chi connectivity index (χ1n) is 16.4. The van der Waals surface area contributed by atoms with Crippen molar-refractivity contribution in [3.8, 4) is 45.0 Å². The van der Waals surface area contributed by atoms with Gasteiger partial charge in [-0.2, -0.15) is 0 Å². The fourth-order valence-electron chi connectivity index (χ4n) is 7.20. The molecule has 3 heterocycles. The molecule has 10 rings (SSSR count). The van der Waals surface area contributed by atoms with Gasteiger partial charge in [-0.1, -0.05) is 109 Å². The second-order valence-corrected chi connectivity index (χ2v) is 13.5. The molecule has 0 fully saturated rings. The predicted octanol–water partition coefficient (Wildman–Crippen LogP) is 12.4. The van der Waals surface area contributed by atoms with Gasteiger partial charge in [0, 0.05) is 54.8 Å². The summed E-state index contributed by atoms with van der Waals surface area (Å²) >= 11 is 1.83. The molecule has 0 bridgehead atoms. The Balaban J connectivity index is 1.21. The van der Waals surface area contributed by atoms with Gasteiger partial charge in [-0.25, -0.2) is 9.97 Å². The van der Waals surface area contributed by atoms with Gasteiger partial charge in [0.2, 0.25) is 0 Å². The zero-order chi connectivity index (χ0) is 32.3. The summed E-state index contributed by atoms with van der Waals surface area (Å²) in [7, 11) is 0. The van der Waals surface area contributed by atoms with Crippen LogP contribution in [0.3, 0.4) is 0 Å². The molecule has 0 aliphatic heterocycles. The van der Waals surface area contributed by atoms with Gasteiger partial charge in [0.15, 0.2) is 5.82 Å². The van der Waals surface area contributed by atoms with Crippen LogP contribution in [0.1, 0.15) is 0 Å². The average molecular weight is 642 g/mol. The Kier molecular flexibility index (Phi) is 6.36. The lowest BCUT2D eigenvalue weighted by Crippen LogP contribution is -1.96. The number of aromatic nitrogens is 3. The number of rotatable bonds is 4. The number of thiophene rings is 1. The van der Waals surface area contributed by atoms with E-state index < -0.39 is 0 Å². The van der Waals surface area contributed by atoms with E-state index in [1.54, 1.807) is 6.20 Å². The fraction of sp³-hybridized carbons (Fsp3) is 0. The summed E-state index contributed by atoms with van der Waals surface area (Å²) < 4.78 is 2.57. The third kappa shape index (κ3) is 4.68. The number of hydrogen-bond donors (Lipinski definition) is 0. The van der Waals surface area contributed by atoms with Crippen LogP contribution in [0, 0.1) is 0 Å². The number of hydrogen-bond acceptors (Lipinski definition) is 4. The van der Waals surface area contributed by atoms with Gasteiger partial charge < -0.3 is 0 Å². The molecule has 7 aromatic carbocycles. The minimum absolute atomic E-state index is 0.692. The van der Waals surface area contributed by atoms with E-state index in [0.29, 0.717) is 5.82 Å². The van der Waals surface area contributed by atoms with Crippen molar-refractivity contribution in [3.63, 3.8) is 0 Å². The maximum atomic E-state index is 5.26. The Hall–Kier alpha value is -6.23. The highest BCUT2D eigenvalue weighted by Crippen LogP contribution is 2.39. The van der Waals surface area contributed by atoms with E-state index in [-0.39, 0.29) is 0 Å². The summed E-state index contributed by atoms with van der Waals surface area (Å²) in [4.78, 5) is 14.8. The monoisotopic (exact) mass is 641 g/mol. The van der Waals surface area contributed by atoms with Crippen molar-refractivity contribution in [1.82, 2.24) is 15.0 Å². The second-order valence-electron chi connectivity index (χ2n) is 12.4. The average Bonchev–Trinajstić information content (AvgIpc) is 3.56. The van der Waals surface area contributed by atoms with Gasteiger partial charge in [-0.3, -0.25) is 4.98 Å². The molecule has 49 heavy (non-hydrogen) atoms.